The first-order valence-corrected chi connectivity index (χ1v) is 5.69. The first-order valence-electron chi connectivity index (χ1n) is 5.69. The molecule has 0 aliphatic rings. The topological polar surface area (TPSA) is 79.3 Å². The van der Waals surface area contributed by atoms with Gasteiger partial charge < -0.3 is 10.4 Å². The van der Waals surface area contributed by atoms with E-state index in [0.717, 1.165) is 0 Å². The molecule has 2 N–H and O–H groups in total. The summed E-state index contributed by atoms with van der Waals surface area (Å²) < 4.78 is 0. The van der Waals surface area contributed by atoms with Crippen LogP contribution in [0.1, 0.15) is 37.0 Å². The smallest absolute Gasteiger partial charge is 0.326 e. The fourth-order valence-electron chi connectivity index (χ4n) is 1.52. The zero-order chi connectivity index (χ0) is 13.9. The second kappa shape index (κ2) is 5.16. The lowest BCUT2D eigenvalue weighted by molar-refractivity contribution is -0.142. The molecule has 0 radical (unpaired) electrons. The molecule has 1 heterocycles. The molecule has 5 heteroatoms. The maximum Gasteiger partial charge on any atom is 0.326 e. The number of hydrogen-bond acceptors (Lipinski definition) is 3. The average Bonchev–Trinajstić information content (AvgIpc) is 2.23. The van der Waals surface area contributed by atoms with E-state index in [-0.39, 0.29) is 5.69 Å². The number of amides is 1. The lowest BCUT2D eigenvalue weighted by atomic mass is 9.86. The molecule has 5 nitrogen and oxygen atoms in total. The van der Waals surface area contributed by atoms with Crippen LogP contribution in [0.3, 0.4) is 0 Å². The minimum atomic E-state index is -1.05. The number of nitrogens with zero attached hydrogens (tertiary/aromatic N) is 1. The van der Waals surface area contributed by atoms with Crippen LogP contribution in [0.15, 0.2) is 18.2 Å². The van der Waals surface area contributed by atoms with E-state index in [4.69, 9.17) is 5.11 Å². The Balaban J connectivity index is 2.89. The summed E-state index contributed by atoms with van der Waals surface area (Å²) in [6.45, 7) is 7.05. The number of nitrogens with one attached hydrogen (secondary N) is 1. The molecule has 1 amide bonds. The zero-order valence-corrected chi connectivity index (χ0v) is 11.0. The van der Waals surface area contributed by atoms with Gasteiger partial charge in [-0.25, -0.2) is 9.78 Å². The summed E-state index contributed by atoms with van der Waals surface area (Å²) in [6, 6.07) is 4.09. The molecule has 0 saturated carbocycles. The maximum absolute atomic E-state index is 11.9. The summed E-state index contributed by atoms with van der Waals surface area (Å²) in [5.41, 5.74) is 0.376. The van der Waals surface area contributed by atoms with Crippen LogP contribution >= 0.6 is 0 Å². The number of rotatable bonds is 3. The first kappa shape index (κ1) is 14.2. The number of carboxylic acids is 1. The molecule has 0 aliphatic heterocycles. The quantitative estimate of drug-likeness (QED) is 0.854. The summed E-state index contributed by atoms with van der Waals surface area (Å²) in [5.74, 6) is -1.52. The lowest BCUT2D eigenvalue weighted by Gasteiger charge is -2.27. The van der Waals surface area contributed by atoms with Gasteiger partial charge in [-0.1, -0.05) is 26.8 Å². The highest BCUT2D eigenvalue weighted by atomic mass is 16.4. The van der Waals surface area contributed by atoms with E-state index in [2.05, 4.69) is 10.3 Å². The number of carbonyl (C=O) groups excluding carboxylic acids is 1. The number of carboxylic acid groups (broad SMARTS) is 1. The van der Waals surface area contributed by atoms with E-state index >= 15 is 0 Å². The van der Waals surface area contributed by atoms with Crippen molar-refractivity contribution in [3.63, 3.8) is 0 Å². The van der Waals surface area contributed by atoms with Crippen LogP contribution < -0.4 is 5.32 Å². The Labute approximate surface area is 106 Å². The Morgan fingerprint density at radius 2 is 1.94 bits per heavy atom. The SMILES string of the molecule is Cc1cccc(C(=O)N[C@@H](C(=O)O)C(C)(C)C)n1. The molecule has 0 aliphatic carbocycles. The summed E-state index contributed by atoms with van der Waals surface area (Å²) in [5, 5.41) is 11.6. The van der Waals surface area contributed by atoms with Gasteiger partial charge >= 0.3 is 5.97 Å². The van der Waals surface area contributed by atoms with Crippen molar-refractivity contribution in [2.75, 3.05) is 0 Å². The summed E-state index contributed by atoms with van der Waals surface area (Å²) in [7, 11) is 0. The van der Waals surface area contributed by atoms with Crippen molar-refractivity contribution < 1.29 is 14.7 Å². The van der Waals surface area contributed by atoms with Crippen LogP contribution in [-0.4, -0.2) is 28.0 Å². The highest BCUT2D eigenvalue weighted by molar-refractivity contribution is 5.95. The normalized spacial score (nSPS) is 12.9. The molecule has 18 heavy (non-hydrogen) atoms. The van der Waals surface area contributed by atoms with Gasteiger partial charge in [-0.15, -0.1) is 0 Å². The van der Waals surface area contributed by atoms with Crippen molar-refractivity contribution in [1.82, 2.24) is 10.3 Å². The van der Waals surface area contributed by atoms with Crippen molar-refractivity contribution in [2.24, 2.45) is 5.41 Å². The molecule has 1 rings (SSSR count). The molecule has 0 bridgehead atoms. The third-order valence-corrected chi connectivity index (χ3v) is 2.51. The second-order valence-electron chi connectivity index (χ2n) is 5.27. The van der Waals surface area contributed by atoms with E-state index in [9.17, 15) is 9.59 Å². The average molecular weight is 250 g/mol. The molecule has 1 aromatic heterocycles. The molecular formula is C13H18N2O3. The number of hydrogen-bond donors (Lipinski definition) is 2. The van der Waals surface area contributed by atoms with Gasteiger partial charge in [-0.3, -0.25) is 4.79 Å². The molecule has 0 saturated heterocycles. The van der Waals surface area contributed by atoms with Crippen LogP contribution in [0, 0.1) is 12.3 Å². The van der Waals surface area contributed by atoms with Crippen LogP contribution in [0.5, 0.6) is 0 Å². The van der Waals surface area contributed by atoms with Gasteiger partial charge in [0.15, 0.2) is 0 Å². The van der Waals surface area contributed by atoms with E-state index < -0.39 is 23.3 Å². The van der Waals surface area contributed by atoms with Crippen molar-refractivity contribution >= 4 is 11.9 Å². The van der Waals surface area contributed by atoms with E-state index in [1.165, 1.54) is 0 Å². The minimum absolute atomic E-state index is 0.227. The van der Waals surface area contributed by atoms with Crippen molar-refractivity contribution in [1.29, 1.82) is 0 Å². The van der Waals surface area contributed by atoms with Crippen molar-refractivity contribution in [2.45, 2.75) is 33.7 Å². The molecule has 0 unspecified atom stereocenters. The molecule has 1 atom stereocenters. The summed E-state index contributed by atoms with van der Waals surface area (Å²) in [4.78, 5) is 27.1. The van der Waals surface area contributed by atoms with E-state index in [1.807, 2.05) is 0 Å². The third-order valence-electron chi connectivity index (χ3n) is 2.51. The number of aryl methyl sites for hydroxylation is 1. The Kier molecular flexibility index (Phi) is 4.06. The highest BCUT2D eigenvalue weighted by Crippen LogP contribution is 2.19. The van der Waals surface area contributed by atoms with E-state index in [1.54, 1.807) is 45.9 Å². The lowest BCUT2D eigenvalue weighted by Crippen LogP contribution is -2.49. The van der Waals surface area contributed by atoms with Gasteiger partial charge in [-0.05, 0) is 24.5 Å². The zero-order valence-electron chi connectivity index (χ0n) is 11.0. The predicted octanol–water partition coefficient (Wildman–Crippen LogP) is 1.62. The Morgan fingerprint density at radius 3 is 2.39 bits per heavy atom. The van der Waals surface area contributed by atoms with E-state index in [0.29, 0.717) is 5.69 Å². The summed E-state index contributed by atoms with van der Waals surface area (Å²) in [6.07, 6.45) is 0. The second-order valence-corrected chi connectivity index (χ2v) is 5.27. The monoisotopic (exact) mass is 250 g/mol. The Bertz CT molecular complexity index is 464. The van der Waals surface area contributed by atoms with Crippen molar-refractivity contribution in [3.8, 4) is 0 Å². The fourth-order valence-corrected chi connectivity index (χ4v) is 1.52. The molecular weight excluding hydrogens is 232 g/mol. The van der Waals surface area contributed by atoms with Gasteiger partial charge in [0.2, 0.25) is 0 Å². The molecule has 98 valence electrons. The van der Waals surface area contributed by atoms with Crippen LogP contribution in [0.4, 0.5) is 0 Å². The van der Waals surface area contributed by atoms with Crippen LogP contribution in [0.2, 0.25) is 0 Å². The molecule has 0 aromatic carbocycles. The molecule has 0 fully saturated rings. The number of aliphatic carboxylic acids is 1. The number of aromatic nitrogens is 1. The van der Waals surface area contributed by atoms with Gasteiger partial charge in [0.25, 0.3) is 5.91 Å². The van der Waals surface area contributed by atoms with Gasteiger partial charge in [-0.2, -0.15) is 0 Å². The summed E-state index contributed by atoms with van der Waals surface area (Å²) >= 11 is 0. The predicted molar refractivity (Wildman–Crippen MR) is 67.3 cm³/mol. The van der Waals surface area contributed by atoms with Crippen LogP contribution in [0.25, 0.3) is 0 Å². The van der Waals surface area contributed by atoms with Gasteiger partial charge in [0, 0.05) is 5.69 Å². The molecule has 0 spiro atoms. The maximum atomic E-state index is 11.9. The highest BCUT2D eigenvalue weighted by Gasteiger charge is 2.32. The third kappa shape index (κ3) is 3.55. The van der Waals surface area contributed by atoms with Gasteiger partial charge in [0.1, 0.15) is 11.7 Å². The number of carbonyl (C=O) groups is 2. The standard InChI is InChI=1S/C13H18N2O3/c1-8-6-5-7-9(14-8)11(16)15-10(12(17)18)13(2,3)4/h5-7,10H,1-4H3,(H,15,16)(H,17,18)/t10-/m0/s1. The Morgan fingerprint density at radius 1 is 1.33 bits per heavy atom. The minimum Gasteiger partial charge on any atom is -0.480 e. The van der Waals surface area contributed by atoms with Crippen LogP contribution in [-0.2, 0) is 4.79 Å². The molecule has 1 aromatic rings. The van der Waals surface area contributed by atoms with Gasteiger partial charge in [0.05, 0.1) is 0 Å². The fraction of sp³-hybridized carbons (Fsp3) is 0.462. The van der Waals surface area contributed by atoms with Crippen molar-refractivity contribution in [3.05, 3.63) is 29.6 Å². The Hall–Kier alpha value is -1.91. The first-order chi connectivity index (χ1) is 8.21. The number of pyridine rings is 1. The largest absolute Gasteiger partial charge is 0.480 e.